The van der Waals surface area contributed by atoms with Crippen LogP contribution in [0.3, 0.4) is 0 Å². The number of carbonyl (C=O) groups is 2. The molecule has 2 heterocycles. The third-order valence-electron chi connectivity index (χ3n) is 3.11. The van der Waals surface area contributed by atoms with Gasteiger partial charge in [0.1, 0.15) is 0 Å². The number of H-pyrrole nitrogens is 1. The zero-order valence-corrected chi connectivity index (χ0v) is 11.0. The molecule has 1 aliphatic heterocycles. The van der Waals surface area contributed by atoms with Gasteiger partial charge in [-0.1, -0.05) is 0 Å². The van der Waals surface area contributed by atoms with Crippen molar-refractivity contribution in [1.29, 1.82) is 0 Å². The number of nitrogens with one attached hydrogen (secondary N) is 3. The van der Waals surface area contributed by atoms with Gasteiger partial charge in [-0.15, -0.1) is 0 Å². The van der Waals surface area contributed by atoms with Gasteiger partial charge < -0.3 is 25.5 Å². The van der Waals surface area contributed by atoms with E-state index in [1.54, 1.807) is 12.5 Å². The van der Waals surface area contributed by atoms with Crippen molar-refractivity contribution < 1.29 is 19.4 Å². The molecule has 20 heavy (non-hydrogen) atoms. The van der Waals surface area contributed by atoms with E-state index in [0.717, 1.165) is 5.69 Å². The Morgan fingerprint density at radius 1 is 1.45 bits per heavy atom. The molecule has 1 fully saturated rings. The van der Waals surface area contributed by atoms with Crippen LogP contribution in [-0.2, 0) is 16.0 Å². The van der Waals surface area contributed by atoms with Gasteiger partial charge in [0.05, 0.1) is 12.4 Å². The van der Waals surface area contributed by atoms with E-state index < -0.39 is 12.1 Å². The van der Waals surface area contributed by atoms with Gasteiger partial charge in [-0.2, -0.15) is 0 Å². The molecule has 2 unspecified atom stereocenters. The van der Waals surface area contributed by atoms with Gasteiger partial charge in [-0.25, -0.2) is 14.6 Å². The number of hydrogen-bond acceptors (Lipinski definition) is 4. The van der Waals surface area contributed by atoms with Gasteiger partial charge in [0, 0.05) is 31.4 Å². The van der Waals surface area contributed by atoms with Gasteiger partial charge in [0.25, 0.3) is 0 Å². The van der Waals surface area contributed by atoms with Crippen LogP contribution in [0.5, 0.6) is 0 Å². The van der Waals surface area contributed by atoms with Crippen LogP contribution in [0.25, 0.3) is 0 Å². The van der Waals surface area contributed by atoms with Gasteiger partial charge in [0.2, 0.25) is 0 Å². The van der Waals surface area contributed by atoms with Crippen molar-refractivity contribution in [1.82, 2.24) is 20.6 Å². The van der Waals surface area contributed by atoms with Crippen molar-refractivity contribution in [2.24, 2.45) is 0 Å². The minimum Gasteiger partial charge on any atom is -0.479 e. The summed E-state index contributed by atoms with van der Waals surface area (Å²) in [6.45, 7) is 0.816. The molecule has 1 aromatic heterocycles. The van der Waals surface area contributed by atoms with Crippen LogP contribution >= 0.6 is 0 Å². The zero-order valence-electron chi connectivity index (χ0n) is 11.0. The molecule has 0 aromatic carbocycles. The van der Waals surface area contributed by atoms with E-state index in [1.807, 2.05) is 0 Å². The highest BCUT2D eigenvalue weighted by Gasteiger charge is 2.30. The Morgan fingerprint density at radius 3 is 2.95 bits per heavy atom. The van der Waals surface area contributed by atoms with Crippen molar-refractivity contribution in [3.8, 4) is 0 Å². The average molecular weight is 282 g/mol. The highest BCUT2D eigenvalue weighted by molar-refractivity contribution is 5.74. The predicted octanol–water partition coefficient (Wildman–Crippen LogP) is -0.116. The smallest absolute Gasteiger partial charge is 0.332 e. The van der Waals surface area contributed by atoms with Gasteiger partial charge in [-0.3, -0.25) is 0 Å². The highest BCUT2D eigenvalue weighted by atomic mass is 16.5. The quantitative estimate of drug-likeness (QED) is 0.580. The number of imidazole rings is 1. The summed E-state index contributed by atoms with van der Waals surface area (Å²) in [5, 5.41) is 14.2. The van der Waals surface area contributed by atoms with Gasteiger partial charge >= 0.3 is 12.0 Å². The summed E-state index contributed by atoms with van der Waals surface area (Å²) in [4.78, 5) is 29.1. The van der Waals surface area contributed by atoms with E-state index in [9.17, 15) is 9.59 Å². The molecule has 0 radical (unpaired) electrons. The largest absolute Gasteiger partial charge is 0.479 e. The topological polar surface area (TPSA) is 116 Å². The summed E-state index contributed by atoms with van der Waals surface area (Å²) in [5.41, 5.74) is 0.953. The first kappa shape index (κ1) is 14.3. The van der Waals surface area contributed by atoms with E-state index in [2.05, 4.69) is 20.6 Å². The van der Waals surface area contributed by atoms with E-state index in [0.29, 0.717) is 32.4 Å². The Labute approximate surface area is 115 Å². The fourth-order valence-corrected chi connectivity index (χ4v) is 2.04. The number of hydrogen-bond donors (Lipinski definition) is 4. The average Bonchev–Trinajstić information content (AvgIpc) is 3.07. The fraction of sp³-hybridized carbons (Fsp3) is 0.583. The van der Waals surface area contributed by atoms with Crippen LogP contribution in [0.1, 0.15) is 18.5 Å². The van der Waals surface area contributed by atoms with Gasteiger partial charge in [-0.05, 0) is 12.8 Å². The summed E-state index contributed by atoms with van der Waals surface area (Å²) in [6, 6.07) is -0.285. The third kappa shape index (κ3) is 4.23. The second kappa shape index (κ2) is 6.90. The van der Waals surface area contributed by atoms with Crippen LogP contribution < -0.4 is 10.6 Å². The van der Waals surface area contributed by atoms with E-state index in [4.69, 9.17) is 9.84 Å². The molecule has 0 bridgehead atoms. The molecule has 0 aliphatic carbocycles. The predicted molar refractivity (Wildman–Crippen MR) is 69.2 cm³/mol. The number of nitrogens with zero attached hydrogens (tertiary/aromatic N) is 1. The number of ether oxygens (including phenoxy) is 1. The maximum atomic E-state index is 11.5. The molecule has 1 aliphatic rings. The van der Waals surface area contributed by atoms with Crippen molar-refractivity contribution in [2.45, 2.75) is 31.5 Å². The number of carbonyl (C=O) groups excluding carboxylic acids is 1. The Bertz CT molecular complexity index is 448. The monoisotopic (exact) mass is 282 g/mol. The standard InChI is InChI=1S/C12H18N4O4/c17-11(18)10-2-1-9(20-10)6-15-12(19)14-4-3-8-5-13-7-16-8/h5,7,9-10H,1-4,6H2,(H,13,16)(H,17,18)(H2,14,15,19). The number of rotatable bonds is 6. The molecule has 8 heteroatoms. The van der Waals surface area contributed by atoms with Crippen LogP contribution in [0.4, 0.5) is 4.79 Å². The number of aromatic nitrogens is 2. The Hall–Kier alpha value is -2.09. The van der Waals surface area contributed by atoms with E-state index in [-0.39, 0.29) is 12.1 Å². The number of carboxylic acid groups (broad SMARTS) is 1. The first-order chi connectivity index (χ1) is 9.65. The molecule has 4 N–H and O–H groups in total. The highest BCUT2D eigenvalue weighted by Crippen LogP contribution is 2.18. The number of aliphatic carboxylic acids is 1. The molecule has 8 nitrogen and oxygen atoms in total. The zero-order chi connectivity index (χ0) is 14.4. The molecule has 2 rings (SSSR count). The van der Waals surface area contributed by atoms with Crippen LogP contribution in [0.2, 0.25) is 0 Å². The SMILES string of the molecule is O=C(NCCc1cnc[nH]1)NCC1CCC(C(=O)O)O1. The molecule has 2 atom stereocenters. The lowest BCUT2D eigenvalue weighted by Gasteiger charge is -2.12. The van der Waals surface area contributed by atoms with E-state index in [1.165, 1.54) is 0 Å². The molecule has 0 saturated carbocycles. The second-order valence-electron chi connectivity index (χ2n) is 4.63. The minimum absolute atomic E-state index is 0.227. The maximum absolute atomic E-state index is 11.5. The van der Waals surface area contributed by atoms with Crippen molar-refractivity contribution in [2.75, 3.05) is 13.1 Å². The first-order valence-corrected chi connectivity index (χ1v) is 6.52. The van der Waals surface area contributed by atoms with Crippen molar-refractivity contribution >= 4 is 12.0 Å². The van der Waals surface area contributed by atoms with Gasteiger partial charge in [0.15, 0.2) is 6.10 Å². The molecule has 0 spiro atoms. The summed E-state index contributed by atoms with van der Waals surface area (Å²) in [6.07, 6.45) is 4.13. The number of aromatic amines is 1. The first-order valence-electron chi connectivity index (χ1n) is 6.52. The lowest BCUT2D eigenvalue weighted by molar-refractivity contribution is -0.149. The molecule has 1 aromatic rings. The lowest BCUT2D eigenvalue weighted by Crippen LogP contribution is -2.40. The molecular formula is C12H18N4O4. The molecule has 2 amide bonds. The molecule has 1 saturated heterocycles. The summed E-state index contributed by atoms with van der Waals surface area (Å²) >= 11 is 0. The van der Waals surface area contributed by atoms with E-state index >= 15 is 0 Å². The number of amides is 2. The molecular weight excluding hydrogens is 264 g/mol. The van der Waals surface area contributed by atoms with Crippen LogP contribution in [-0.4, -0.2) is 52.4 Å². The minimum atomic E-state index is -0.948. The van der Waals surface area contributed by atoms with Crippen molar-refractivity contribution in [3.63, 3.8) is 0 Å². The number of carboxylic acids is 1. The Kier molecular flexibility index (Phi) is 4.94. The third-order valence-corrected chi connectivity index (χ3v) is 3.11. The molecule has 110 valence electrons. The Morgan fingerprint density at radius 2 is 2.30 bits per heavy atom. The summed E-state index contributed by atoms with van der Waals surface area (Å²) in [7, 11) is 0. The number of urea groups is 1. The fourth-order valence-electron chi connectivity index (χ4n) is 2.04. The Balaban J connectivity index is 1.57. The maximum Gasteiger partial charge on any atom is 0.332 e. The van der Waals surface area contributed by atoms with Crippen LogP contribution in [0, 0.1) is 0 Å². The van der Waals surface area contributed by atoms with Crippen molar-refractivity contribution in [3.05, 3.63) is 18.2 Å². The normalized spacial score (nSPS) is 21.6. The lowest BCUT2D eigenvalue weighted by atomic mass is 10.2. The summed E-state index contributed by atoms with van der Waals surface area (Å²) < 4.78 is 5.28. The summed E-state index contributed by atoms with van der Waals surface area (Å²) in [5.74, 6) is -0.948. The van der Waals surface area contributed by atoms with Crippen LogP contribution in [0.15, 0.2) is 12.5 Å². The second-order valence-corrected chi connectivity index (χ2v) is 4.63.